The lowest BCUT2D eigenvalue weighted by molar-refractivity contribution is -0.147. The third-order valence-corrected chi connectivity index (χ3v) is 6.41. The smallest absolute Gasteiger partial charge is 0.416 e. The third kappa shape index (κ3) is 7.67. The van der Waals surface area contributed by atoms with Crippen molar-refractivity contribution in [3.05, 3.63) is 81.7 Å². The number of anilines is 1. The number of nitrogens with zero attached hydrogens (tertiary/aromatic N) is 1. The van der Waals surface area contributed by atoms with E-state index < -0.39 is 30.2 Å². The maximum absolute atomic E-state index is 12.8. The summed E-state index contributed by atoms with van der Waals surface area (Å²) < 4.78 is 43.7. The van der Waals surface area contributed by atoms with Crippen molar-refractivity contribution in [3.8, 4) is 0 Å². The van der Waals surface area contributed by atoms with E-state index in [1.54, 1.807) is 12.2 Å². The Hall–Kier alpha value is -3.15. The zero-order valence-electron chi connectivity index (χ0n) is 18.4. The van der Waals surface area contributed by atoms with Crippen LogP contribution in [0.5, 0.6) is 0 Å². The summed E-state index contributed by atoms with van der Waals surface area (Å²) in [6.07, 6.45) is 0.341. The number of hydrogen-bond acceptors (Lipinski definition) is 6. The van der Waals surface area contributed by atoms with Crippen LogP contribution in [-0.4, -0.2) is 40.2 Å². The number of alkyl halides is 3. The molecule has 1 N–H and O–H groups in total. The lowest BCUT2D eigenvalue weighted by atomic mass is 10.2. The minimum Gasteiger partial charge on any atom is -0.456 e. The largest absolute Gasteiger partial charge is 0.456 e. The molecule has 12 heteroatoms. The SMILES string of the molecule is O=C(COC(=O)CCN1C(=O)/C(=C\C=C\c2ccccc2)SC1=S)Nc1cc(C(F)(F)F)ccc1Cl. The molecular formula is C24H18ClF3N2O4S2. The molecule has 0 saturated carbocycles. The summed E-state index contributed by atoms with van der Waals surface area (Å²) in [4.78, 5) is 38.3. The first-order valence-electron chi connectivity index (χ1n) is 10.3. The van der Waals surface area contributed by atoms with Crippen LogP contribution in [0.3, 0.4) is 0 Å². The number of rotatable bonds is 8. The highest BCUT2D eigenvalue weighted by molar-refractivity contribution is 8.26. The van der Waals surface area contributed by atoms with Crippen LogP contribution >= 0.6 is 35.6 Å². The Kier molecular flexibility index (Phi) is 9.30. The number of esters is 1. The molecule has 36 heavy (non-hydrogen) atoms. The second-order valence-corrected chi connectivity index (χ2v) is 9.36. The molecule has 1 aliphatic heterocycles. The van der Waals surface area contributed by atoms with Crippen LogP contribution in [0, 0.1) is 0 Å². The van der Waals surface area contributed by atoms with Gasteiger partial charge in [-0.15, -0.1) is 0 Å². The highest BCUT2D eigenvalue weighted by Gasteiger charge is 2.32. The highest BCUT2D eigenvalue weighted by Crippen LogP contribution is 2.34. The van der Waals surface area contributed by atoms with Crippen LogP contribution in [0.4, 0.5) is 18.9 Å². The highest BCUT2D eigenvalue weighted by atomic mass is 35.5. The van der Waals surface area contributed by atoms with Crippen molar-refractivity contribution in [1.82, 2.24) is 4.90 Å². The number of allylic oxidation sites excluding steroid dienone is 2. The van der Waals surface area contributed by atoms with Crippen LogP contribution in [0.1, 0.15) is 17.5 Å². The summed E-state index contributed by atoms with van der Waals surface area (Å²) in [6.45, 7) is -0.793. The fraction of sp³-hybridized carbons (Fsp3) is 0.167. The number of amides is 2. The van der Waals surface area contributed by atoms with Gasteiger partial charge in [-0.2, -0.15) is 13.2 Å². The molecule has 0 spiro atoms. The Bertz CT molecular complexity index is 1230. The van der Waals surface area contributed by atoms with E-state index in [4.69, 9.17) is 28.6 Å². The van der Waals surface area contributed by atoms with Gasteiger partial charge in [-0.05, 0) is 29.8 Å². The van der Waals surface area contributed by atoms with E-state index in [1.807, 2.05) is 36.4 Å². The molecular weight excluding hydrogens is 537 g/mol. The summed E-state index contributed by atoms with van der Waals surface area (Å²) in [5.41, 5.74) is -0.295. The molecule has 0 aromatic heterocycles. The summed E-state index contributed by atoms with van der Waals surface area (Å²) in [7, 11) is 0. The third-order valence-electron chi connectivity index (χ3n) is 4.68. The number of ether oxygens (including phenoxy) is 1. The average molecular weight is 555 g/mol. The number of nitrogens with one attached hydrogen (secondary N) is 1. The number of halogens is 4. The predicted octanol–water partition coefficient (Wildman–Crippen LogP) is 5.69. The fourth-order valence-corrected chi connectivity index (χ4v) is 4.35. The first-order chi connectivity index (χ1) is 17.0. The van der Waals surface area contributed by atoms with Gasteiger partial charge in [0.1, 0.15) is 4.32 Å². The summed E-state index contributed by atoms with van der Waals surface area (Å²) in [6, 6.07) is 12.0. The normalized spacial score (nSPS) is 15.1. The van der Waals surface area contributed by atoms with Gasteiger partial charge in [-0.1, -0.05) is 78.1 Å². The Labute approximate surface area is 219 Å². The molecule has 1 heterocycles. The minimum absolute atomic E-state index is 0.0513. The van der Waals surface area contributed by atoms with Crippen molar-refractivity contribution in [3.63, 3.8) is 0 Å². The van der Waals surface area contributed by atoms with Crippen LogP contribution in [0.2, 0.25) is 5.02 Å². The monoisotopic (exact) mass is 554 g/mol. The van der Waals surface area contributed by atoms with Crippen molar-refractivity contribution >= 4 is 69.4 Å². The second-order valence-electron chi connectivity index (χ2n) is 7.28. The zero-order valence-corrected chi connectivity index (χ0v) is 20.8. The summed E-state index contributed by atoms with van der Waals surface area (Å²) in [5.74, 6) is -2.02. The molecule has 0 radical (unpaired) electrons. The summed E-state index contributed by atoms with van der Waals surface area (Å²) in [5, 5.41) is 2.07. The lowest BCUT2D eigenvalue weighted by Gasteiger charge is -2.14. The van der Waals surface area contributed by atoms with Gasteiger partial charge in [0.15, 0.2) is 6.61 Å². The molecule has 2 aromatic carbocycles. The van der Waals surface area contributed by atoms with Crippen LogP contribution in [0.15, 0.2) is 65.6 Å². The molecule has 2 amide bonds. The molecule has 6 nitrogen and oxygen atoms in total. The molecule has 3 rings (SSSR count). The van der Waals surface area contributed by atoms with Crippen molar-refractivity contribution in [2.45, 2.75) is 12.6 Å². The van der Waals surface area contributed by atoms with E-state index >= 15 is 0 Å². The van der Waals surface area contributed by atoms with E-state index in [9.17, 15) is 27.6 Å². The van der Waals surface area contributed by atoms with E-state index in [0.29, 0.717) is 11.0 Å². The van der Waals surface area contributed by atoms with Crippen molar-refractivity contribution < 1.29 is 32.3 Å². The van der Waals surface area contributed by atoms with Gasteiger partial charge in [-0.25, -0.2) is 0 Å². The zero-order chi connectivity index (χ0) is 26.3. The number of benzene rings is 2. The quantitative estimate of drug-likeness (QED) is 0.257. The number of carbonyl (C=O) groups is 3. The first kappa shape index (κ1) is 27.4. The first-order valence-corrected chi connectivity index (χ1v) is 11.9. The standard InChI is InChI=1S/C24H18ClF3N2O4S2/c25-17-10-9-16(24(26,27)28)13-18(17)29-20(31)14-34-21(32)11-12-30-22(33)19(36-23(30)35)8-4-7-15-5-2-1-3-6-15/h1-10,13H,11-12,14H2,(H,29,31)/b7-4+,19-8+. The molecule has 0 aliphatic carbocycles. The molecule has 0 unspecified atom stereocenters. The van der Waals surface area contributed by atoms with Gasteiger partial charge in [-0.3, -0.25) is 19.3 Å². The van der Waals surface area contributed by atoms with Crippen LogP contribution in [-0.2, 0) is 25.3 Å². The van der Waals surface area contributed by atoms with Crippen LogP contribution < -0.4 is 5.32 Å². The Balaban J connectivity index is 1.47. The maximum Gasteiger partial charge on any atom is 0.416 e. The summed E-state index contributed by atoms with van der Waals surface area (Å²) >= 11 is 12.1. The van der Waals surface area contributed by atoms with E-state index in [0.717, 1.165) is 29.5 Å². The van der Waals surface area contributed by atoms with Gasteiger partial charge in [0.05, 0.1) is 27.6 Å². The van der Waals surface area contributed by atoms with Gasteiger partial charge < -0.3 is 10.1 Å². The predicted molar refractivity (Wildman–Crippen MR) is 136 cm³/mol. The molecule has 2 aromatic rings. The number of thioether (sulfide) groups is 1. The molecule has 0 bridgehead atoms. The van der Waals surface area contributed by atoms with E-state index in [-0.39, 0.29) is 33.9 Å². The Morgan fingerprint density at radius 3 is 2.58 bits per heavy atom. The second kappa shape index (κ2) is 12.2. The van der Waals surface area contributed by atoms with Gasteiger partial charge in [0.25, 0.3) is 11.8 Å². The van der Waals surface area contributed by atoms with E-state index in [1.165, 1.54) is 4.90 Å². The van der Waals surface area contributed by atoms with Gasteiger partial charge in [0.2, 0.25) is 0 Å². The maximum atomic E-state index is 12.8. The number of hydrogen-bond donors (Lipinski definition) is 1. The molecule has 1 fully saturated rings. The van der Waals surface area contributed by atoms with Gasteiger partial charge >= 0.3 is 12.1 Å². The average Bonchev–Trinajstić information content (AvgIpc) is 3.10. The molecule has 1 saturated heterocycles. The van der Waals surface area contributed by atoms with Gasteiger partial charge in [0, 0.05) is 6.54 Å². The Morgan fingerprint density at radius 2 is 1.89 bits per heavy atom. The van der Waals surface area contributed by atoms with Crippen LogP contribution in [0.25, 0.3) is 6.08 Å². The molecule has 1 aliphatic rings. The van der Waals surface area contributed by atoms with Crippen molar-refractivity contribution in [1.29, 1.82) is 0 Å². The lowest BCUT2D eigenvalue weighted by Crippen LogP contribution is -2.31. The van der Waals surface area contributed by atoms with Crippen molar-refractivity contribution in [2.75, 3.05) is 18.5 Å². The topological polar surface area (TPSA) is 75.7 Å². The van der Waals surface area contributed by atoms with E-state index in [2.05, 4.69) is 5.32 Å². The Morgan fingerprint density at radius 1 is 1.17 bits per heavy atom. The number of carbonyl (C=O) groups excluding carboxylic acids is 3. The minimum atomic E-state index is -4.62. The number of thiocarbonyl (C=S) groups is 1. The molecule has 0 atom stereocenters. The fourth-order valence-electron chi connectivity index (χ4n) is 2.92. The van der Waals surface area contributed by atoms with Crippen molar-refractivity contribution in [2.24, 2.45) is 0 Å². The molecule has 188 valence electrons.